The second kappa shape index (κ2) is 5.38. The summed E-state index contributed by atoms with van der Waals surface area (Å²) in [6.07, 6.45) is 10.3. The van der Waals surface area contributed by atoms with Crippen molar-refractivity contribution in [2.75, 3.05) is 7.11 Å². The number of amides is 2. The van der Waals surface area contributed by atoms with Gasteiger partial charge in [-0.2, -0.15) is 0 Å². The van der Waals surface area contributed by atoms with E-state index in [-0.39, 0.29) is 24.0 Å². The lowest BCUT2D eigenvalue weighted by atomic mass is 9.81. The molecule has 6 nitrogen and oxygen atoms in total. The highest BCUT2D eigenvalue weighted by Gasteiger charge is 2.39. The van der Waals surface area contributed by atoms with Crippen LogP contribution in [0.2, 0.25) is 0 Å². The lowest BCUT2D eigenvalue weighted by molar-refractivity contribution is -0.123. The molecule has 4 aliphatic rings. The molecule has 4 unspecified atom stereocenters. The summed E-state index contributed by atoms with van der Waals surface area (Å²) in [4.78, 5) is 23.1. The summed E-state index contributed by atoms with van der Waals surface area (Å²) in [5.74, 6) is 0.387. The van der Waals surface area contributed by atoms with Crippen molar-refractivity contribution >= 4 is 12.0 Å². The van der Waals surface area contributed by atoms with Crippen LogP contribution >= 0.6 is 0 Å². The maximum absolute atomic E-state index is 11.6. The van der Waals surface area contributed by atoms with Gasteiger partial charge in [-0.1, -0.05) is 30.4 Å². The third-order valence-electron chi connectivity index (χ3n) is 4.75. The minimum Gasteiger partial charge on any atom is -0.436 e. The molecule has 0 aromatic carbocycles. The Morgan fingerprint density at radius 2 is 2.13 bits per heavy atom. The Morgan fingerprint density at radius 3 is 2.96 bits per heavy atom. The first-order chi connectivity index (χ1) is 11.2. The largest absolute Gasteiger partial charge is 0.436 e. The van der Waals surface area contributed by atoms with Crippen LogP contribution in [0.15, 0.2) is 47.2 Å². The van der Waals surface area contributed by atoms with E-state index in [4.69, 9.17) is 9.47 Å². The molecule has 2 fully saturated rings. The lowest BCUT2D eigenvalue weighted by Gasteiger charge is -2.32. The Kier molecular flexibility index (Phi) is 3.34. The van der Waals surface area contributed by atoms with Gasteiger partial charge in [0, 0.05) is 25.0 Å². The number of carbonyl (C=O) groups excluding carboxylic acids is 2. The number of rotatable bonds is 2. The summed E-state index contributed by atoms with van der Waals surface area (Å²) < 4.78 is 10.7. The summed E-state index contributed by atoms with van der Waals surface area (Å²) in [7, 11) is 1.60. The minimum absolute atomic E-state index is 0.0649. The lowest BCUT2D eigenvalue weighted by Crippen LogP contribution is -2.44. The molecule has 0 spiro atoms. The smallest absolute Gasteiger partial charge is 0.412 e. The third-order valence-corrected chi connectivity index (χ3v) is 4.75. The van der Waals surface area contributed by atoms with Crippen molar-refractivity contribution in [2.45, 2.75) is 31.1 Å². The van der Waals surface area contributed by atoms with E-state index in [0.717, 1.165) is 23.3 Å². The fraction of sp³-hybridized carbons (Fsp3) is 0.412. The topological polar surface area (TPSA) is 76.7 Å². The molecule has 0 radical (unpaired) electrons. The molecular weight excluding hydrogens is 296 g/mol. The van der Waals surface area contributed by atoms with Gasteiger partial charge in [-0.15, -0.1) is 0 Å². The molecule has 120 valence electrons. The van der Waals surface area contributed by atoms with E-state index >= 15 is 0 Å². The third kappa shape index (κ3) is 2.39. The predicted molar refractivity (Wildman–Crippen MR) is 82.2 cm³/mol. The van der Waals surface area contributed by atoms with Gasteiger partial charge in [0.15, 0.2) is 6.10 Å². The van der Waals surface area contributed by atoms with E-state index in [9.17, 15) is 9.59 Å². The van der Waals surface area contributed by atoms with E-state index in [0.29, 0.717) is 6.42 Å². The first kappa shape index (κ1) is 14.3. The second-order valence-corrected chi connectivity index (χ2v) is 6.11. The van der Waals surface area contributed by atoms with Crippen molar-refractivity contribution in [3.8, 4) is 0 Å². The van der Waals surface area contributed by atoms with Gasteiger partial charge in [-0.25, -0.2) is 4.79 Å². The number of nitrogens with one attached hydrogen (secondary N) is 2. The molecule has 0 saturated carbocycles. The number of alkyl carbamates (subject to hydrolysis) is 1. The normalized spacial score (nSPS) is 35.1. The maximum atomic E-state index is 11.6. The first-order valence-corrected chi connectivity index (χ1v) is 7.78. The fourth-order valence-electron chi connectivity index (χ4n) is 3.57. The van der Waals surface area contributed by atoms with Crippen LogP contribution in [0.3, 0.4) is 0 Å². The molecule has 0 aromatic heterocycles. The van der Waals surface area contributed by atoms with Crippen molar-refractivity contribution < 1.29 is 19.1 Å². The Bertz CT molecular complexity index is 689. The molecule has 2 heterocycles. The Balaban J connectivity index is 1.66. The van der Waals surface area contributed by atoms with Gasteiger partial charge in [0.25, 0.3) is 0 Å². The van der Waals surface area contributed by atoms with Gasteiger partial charge in [-0.3, -0.25) is 10.1 Å². The Hall–Kier alpha value is -2.34. The molecule has 23 heavy (non-hydrogen) atoms. The number of piperidine rings is 1. The van der Waals surface area contributed by atoms with Crippen LogP contribution < -0.4 is 10.6 Å². The highest BCUT2D eigenvalue weighted by molar-refractivity contribution is 5.78. The highest BCUT2D eigenvalue weighted by atomic mass is 16.6. The molecule has 2 saturated heterocycles. The molecule has 4 rings (SSSR count). The predicted octanol–water partition coefficient (Wildman–Crippen LogP) is 1.32. The Morgan fingerprint density at radius 1 is 1.26 bits per heavy atom. The average Bonchev–Trinajstić information content (AvgIpc) is 2.94. The molecule has 4 atom stereocenters. The van der Waals surface area contributed by atoms with Crippen molar-refractivity contribution in [3.05, 3.63) is 47.2 Å². The summed E-state index contributed by atoms with van der Waals surface area (Å²) in [5, 5.41) is 5.78. The van der Waals surface area contributed by atoms with Crippen molar-refractivity contribution in [1.29, 1.82) is 0 Å². The zero-order chi connectivity index (χ0) is 16.0. The van der Waals surface area contributed by atoms with Crippen molar-refractivity contribution in [2.24, 2.45) is 5.92 Å². The van der Waals surface area contributed by atoms with E-state index in [1.807, 2.05) is 24.3 Å². The maximum Gasteiger partial charge on any atom is 0.412 e. The molecule has 0 bridgehead atoms. The van der Waals surface area contributed by atoms with E-state index in [2.05, 4.69) is 16.7 Å². The van der Waals surface area contributed by atoms with Crippen LogP contribution in [0, 0.1) is 5.92 Å². The quantitative estimate of drug-likeness (QED) is 0.806. The number of hydrogen-bond acceptors (Lipinski definition) is 4. The van der Waals surface area contributed by atoms with Crippen LogP contribution in [0.5, 0.6) is 0 Å². The first-order valence-electron chi connectivity index (χ1n) is 7.78. The van der Waals surface area contributed by atoms with E-state index < -0.39 is 12.2 Å². The number of methoxy groups -OCH3 is 1. The molecule has 2 aliphatic heterocycles. The van der Waals surface area contributed by atoms with E-state index in [1.54, 1.807) is 7.11 Å². The summed E-state index contributed by atoms with van der Waals surface area (Å²) >= 11 is 0. The molecule has 6 heteroatoms. The van der Waals surface area contributed by atoms with Crippen molar-refractivity contribution in [1.82, 2.24) is 10.6 Å². The molecule has 2 N–H and O–H groups in total. The standard InChI is InChI=1S/C17H18N2O4/c1-22-13-6-4-11(15-16(13)23-17(21)19-15)9-2-5-12-10(8-9)3-7-14(20)18-12/h2,4-6,8,10,12-13,16H,3,7H2,1H3,(H,18,20)(H,19,21). The number of fused-ring (bicyclic) bond motifs is 2. The van der Waals surface area contributed by atoms with Gasteiger partial charge in [0.2, 0.25) is 5.91 Å². The number of hydrogen-bond donors (Lipinski definition) is 2. The number of carbonyl (C=O) groups is 2. The van der Waals surface area contributed by atoms with Gasteiger partial charge in [-0.05, 0) is 12.0 Å². The zero-order valence-corrected chi connectivity index (χ0v) is 12.7. The average molecular weight is 314 g/mol. The van der Waals surface area contributed by atoms with Gasteiger partial charge >= 0.3 is 6.09 Å². The molecule has 2 amide bonds. The van der Waals surface area contributed by atoms with Gasteiger partial charge < -0.3 is 14.8 Å². The highest BCUT2D eigenvalue weighted by Crippen LogP contribution is 2.34. The number of allylic oxidation sites excluding steroid dienone is 4. The Labute approximate surface area is 133 Å². The minimum atomic E-state index is -0.448. The molecule has 2 aliphatic carbocycles. The number of ether oxygens (including phenoxy) is 2. The van der Waals surface area contributed by atoms with Crippen LogP contribution in [-0.2, 0) is 14.3 Å². The van der Waals surface area contributed by atoms with Crippen LogP contribution in [-0.4, -0.2) is 37.4 Å². The summed E-state index contributed by atoms with van der Waals surface area (Å²) in [6, 6.07) is 0.0649. The second-order valence-electron chi connectivity index (χ2n) is 6.11. The molecule has 0 aromatic rings. The fourth-order valence-corrected chi connectivity index (χ4v) is 3.57. The summed E-state index contributed by atoms with van der Waals surface area (Å²) in [5.41, 5.74) is 2.73. The molecular formula is C17H18N2O4. The van der Waals surface area contributed by atoms with Gasteiger partial charge in [0.1, 0.15) is 6.10 Å². The zero-order valence-electron chi connectivity index (χ0n) is 12.7. The SMILES string of the molecule is COC1C=CC(C2=CC3CCC(=O)NC3C=C2)=C2NC(=O)OC21. The van der Waals surface area contributed by atoms with E-state index in [1.165, 1.54) is 0 Å². The van der Waals surface area contributed by atoms with Crippen LogP contribution in [0.1, 0.15) is 12.8 Å². The van der Waals surface area contributed by atoms with Crippen LogP contribution in [0.25, 0.3) is 0 Å². The summed E-state index contributed by atoms with van der Waals surface area (Å²) in [6.45, 7) is 0. The van der Waals surface area contributed by atoms with Gasteiger partial charge in [0.05, 0.1) is 11.7 Å². The monoisotopic (exact) mass is 314 g/mol. The van der Waals surface area contributed by atoms with Crippen molar-refractivity contribution in [3.63, 3.8) is 0 Å². The van der Waals surface area contributed by atoms with Crippen LogP contribution in [0.4, 0.5) is 4.79 Å².